The number of benzene rings is 4. The molecule has 16 heteroatoms. The molecule has 1 amide bonds. The summed E-state index contributed by atoms with van der Waals surface area (Å²) in [6.07, 6.45) is 1.84. The monoisotopic (exact) mass is 618 g/mol. The lowest BCUT2D eigenvalue weighted by Gasteiger charge is -2.12. The van der Waals surface area contributed by atoms with Crippen molar-refractivity contribution >= 4 is 63.5 Å². The molecule has 4 N–H and O–H groups in total. The molecule has 0 saturated heterocycles. The zero-order valence-corrected chi connectivity index (χ0v) is 23.7. The van der Waals surface area contributed by atoms with Gasteiger partial charge in [-0.05, 0) is 48.5 Å². The third kappa shape index (κ3) is 6.68. The highest BCUT2D eigenvalue weighted by Crippen LogP contribution is 2.37. The highest BCUT2D eigenvalue weighted by molar-refractivity contribution is 7.91. The Morgan fingerprint density at radius 2 is 1.32 bits per heavy atom. The number of aromatic hydroxyl groups is 1. The number of fused-ring (bicyclic) bond motifs is 1. The molecule has 4 aromatic carbocycles. The van der Waals surface area contributed by atoms with Crippen molar-refractivity contribution < 1.29 is 39.7 Å². The second kappa shape index (κ2) is 10.9. The van der Waals surface area contributed by atoms with E-state index in [1.807, 2.05) is 0 Å². The van der Waals surface area contributed by atoms with E-state index >= 15 is 0 Å². The number of phenols is 1. The molecule has 4 rings (SSSR count). The quantitative estimate of drug-likeness (QED) is 0.128. The normalized spacial score (nSPS) is 12.5. The summed E-state index contributed by atoms with van der Waals surface area (Å²) in [7, 11) is -12.0. The van der Waals surface area contributed by atoms with Gasteiger partial charge in [0.25, 0.3) is 16.0 Å². The predicted molar refractivity (Wildman–Crippen MR) is 150 cm³/mol. The van der Waals surface area contributed by atoms with E-state index in [-0.39, 0.29) is 48.4 Å². The van der Waals surface area contributed by atoms with Gasteiger partial charge < -0.3 is 5.11 Å². The van der Waals surface area contributed by atoms with Gasteiger partial charge in [-0.1, -0.05) is 24.3 Å². The zero-order chi connectivity index (χ0) is 30.2. The first-order valence-electron chi connectivity index (χ1n) is 11.4. The molecule has 0 saturated carbocycles. The van der Waals surface area contributed by atoms with Gasteiger partial charge >= 0.3 is 0 Å². The van der Waals surface area contributed by atoms with Crippen LogP contribution in [0, 0.1) is 0 Å². The van der Waals surface area contributed by atoms with Crippen molar-refractivity contribution in [3.63, 3.8) is 0 Å². The molecule has 0 aromatic heterocycles. The number of rotatable bonds is 8. The topological polar surface area (TPSA) is 209 Å². The summed E-state index contributed by atoms with van der Waals surface area (Å²) in [6.45, 7) is 0. The average Bonchev–Trinajstić information content (AvgIpc) is 2.90. The number of carbonyl (C=O) groups excluding carboxylic acids is 1. The molecule has 0 bridgehead atoms. The van der Waals surface area contributed by atoms with E-state index in [0.717, 1.165) is 30.7 Å². The fourth-order valence-electron chi connectivity index (χ4n) is 3.72. The smallest absolute Gasteiger partial charge is 0.294 e. The van der Waals surface area contributed by atoms with Crippen LogP contribution in [0.5, 0.6) is 5.75 Å². The second-order valence-electron chi connectivity index (χ2n) is 8.79. The van der Waals surface area contributed by atoms with E-state index in [4.69, 9.17) is 4.55 Å². The van der Waals surface area contributed by atoms with Crippen LogP contribution >= 0.6 is 0 Å². The van der Waals surface area contributed by atoms with Crippen molar-refractivity contribution in [2.75, 3.05) is 17.9 Å². The van der Waals surface area contributed by atoms with E-state index in [0.29, 0.717) is 5.39 Å². The minimum Gasteiger partial charge on any atom is -0.506 e. The maximum Gasteiger partial charge on any atom is 0.294 e. The Bertz CT molecular complexity index is 2040. The van der Waals surface area contributed by atoms with Crippen LogP contribution in [0.3, 0.4) is 0 Å². The van der Waals surface area contributed by atoms with Gasteiger partial charge in [-0.2, -0.15) is 8.42 Å². The summed E-state index contributed by atoms with van der Waals surface area (Å²) in [5.41, 5.74) is 4.90. The Kier molecular flexibility index (Phi) is 7.86. The molecule has 13 nitrogen and oxygen atoms in total. The van der Waals surface area contributed by atoms with Gasteiger partial charge in [0, 0.05) is 23.3 Å². The molecule has 0 unspecified atom stereocenters. The summed E-state index contributed by atoms with van der Waals surface area (Å²) >= 11 is 0. The molecule has 0 aliphatic carbocycles. The number of sulfone groups is 2. The van der Waals surface area contributed by atoms with Gasteiger partial charge in [0.2, 0.25) is 0 Å². The van der Waals surface area contributed by atoms with Gasteiger partial charge in [0.15, 0.2) is 19.7 Å². The van der Waals surface area contributed by atoms with Crippen LogP contribution in [0.1, 0.15) is 10.4 Å². The van der Waals surface area contributed by atoms with Crippen molar-refractivity contribution in [3.8, 4) is 5.75 Å². The maximum atomic E-state index is 13.0. The summed E-state index contributed by atoms with van der Waals surface area (Å²) in [5, 5.41) is 19.6. The maximum absolute atomic E-state index is 13.0. The van der Waals surface area contributed by atoms with Gasteiger partial charge in [-0.3, -0.25) is 20.2 Å². The Labute approximate surface area is 235 Å². The largest absolute Gasteiger partial charge is 0.506 e. The van der Waals surface area contributed by atoms with Gasteiger partial charge in [0.1, 0.15) is 11.4 Å². The molecule has 214 valence electrons. The van der Waals surface area contributed by atoms with E-state index in [2.05, 4.69) is 21.1 Å². The number of phenolic OH excluding ortho intramolecular Hbond substituents is 1. The molecule has 0 spiro atoms. The molecule has 0 radical (unpaired) electrons. The number of amides is 1. The van der Waals surface area contributed by atoms with Crippen LogP contribution in [0.15, 0.2) is 97.7 Å². The predicted octanol–water partition coefficient (Wildman–Crippen LogP) is 3.77. The van der Waals surface area contributed by atoms with Crippen LogP contribution < -0.4 is 10.9 Å². The molecular weight excluding hydrogens is 596 g/mol. The number of hydrazine groups is 1. The van der Waals surface area contributed by atoms with E-state index < -0.39 is 35.7 Å². The van der Waals surface area contributed by atoms with Gasteiger partial charge in [0.05, 0.1) is 31.6 Å². The Hall–Kier alpha value is -4.38. The molecule has 0 aliphatic rings. The third-order valence-corrected chi connectivity index (χ3v) is 8.84. The molecule has 0 heterocycles. The lowest BCUT2D eigenvalue weighted by molar-refractivity contribution is 0.0960. The minimum absolute atomic E-state index is 0.0905. The van der Waals surface area contributed by atoms with Crippen molar-refractivity contribution in [3.05, 3.63) is 78.4 Å². The zero-order valence-electron chi connectivity index (χ0n) is 21.3. The van der Waals surface area contributed by atoms with Crippen LogP contribution in [0.25, 0.3) is 10.8 Å². The van der Waals surface area contributed by atoms with Gasteiger partial charge in [-0.15, -0.1) is 10.2 Å². The molecule has 41 heavy (non-hydrogen) atoms. The van der Waals surface area contributed by atoms with Crippen molar-refractivity contribution in [1.82, 2.24) is 5.43 Å². The number of hydrogen-bond donors (Lipinski definition) is 4. The third-order valence-electron chi connectivity index (χ3n) is 5.74. The second-order valence-corrected chi connectivity index (χ2v) is 14.2. The first-order chi connectivity index (χ1) is 19.1. The Morgan fingerprint density at radius 3 is 1.90 bits per heavy atom. The first kappa shape index (κ1) is 29.6. The SMILES string of the molecule is CS(=O)(=O)c1ccc(N=Nc2cc(C(=O)NNc3ccc(S(=O)(=O)O)cc3)c(O)c3ccccc23)c(S(C)(=O)=O)c1. The van der Waals surface area contributed by atoms with Crippen LogP contribution in [0.4, 0.5) is 17.1 Å². The Balaban J connectivity index is 1.71. The summed E-state index contributed by atoms with van der Waals surface area (Å²) in [6, 6.07) is 15.8. The highest BCUT2D eigenvalue weighted by atomic mass is 32.2. The standard InChI is InChI=1S/C25H22N4O9S3/c1-39(32,33)17-11-12-21(23(13-17)40(2,34)35)27-28-22-14-20(24(30)19-6-4-3-5-18(19)22)25(31)29-26-15-7-9-16(10-8-15)41(36,37)38/h3-14,26,30H,1-2H3,(H,29,31)(H,36,37,38). The first-order valence-corrected chi connectivity index (χ1v) is 16.6. The van der Waals surface area contributed by atoms with E-state index in [1.165, 1.54) is 36.4 Å². The van der Waals surface area contributed by atoms with Crippen molar-refractivity contribution in [1.29, 1.82) is 0 Å². The number of azo groups is 1. The fraction of sp³-hybridized carbons (Fsp3) is 0.0800. The molecule has 4 aromatic rings. The number of hydrogen-bond acceptors (Lipinski definition) is 11. The lowest BCUT2D eigenvalue weighted by atomic mass is 10.0. The minimum atomic E-state index is -4.40. The van der Waals surface area contributed by atoms with Crippen LogP contribution in [0.2, 0.25) is 0 Å². The Morgan fingerprint density at radius 1 is 0.732 bits per heavy atom. The molecular formula is C25H22N4O9S3. The van der Waals surface area contributed by atoms with Gasteiger partial charge in [-0.25, -0.2) is 16.8 Å². The molecule has 0 atom stereocenters. The molecule has 0 aliphatic heterocycles. The lowest BCUT2D eigenvalue weighted by Crippen LogP contribution is -2.29. The van der Waals surface area contributed by atoms with Crippen molar-refractivity contribution in [2.24, 2.45) is 10.2 Å². The average molecular weight is 619 g/mol. The van der Waals surface area contributed by atoms with Crippen LogP contribution in [-0.4, -0.2) is 53.3 Å². The van der Waals surface area contributed by atoms with E-state index in [9.17, 15) is 35.2 Å². The molecule has 0 fully saturated rings. The highest BCUT2D eigenvalue weighted by Gasteiger charge is 2.20. The number of nitrogens with zero attached hydrogens (tertiary/aromatic N) is 2. The number of nitrogens with one attached hydrogen (secondary N) is 2. The number of carbonyl (C=O) groups is 1. The van der Waals surface area contributed by atoms with E-state index in [1.54, 1.807) is 18.2 Å². The summed E-state index contributed by atoms with van der Waals surface area (Å²) in [4.78, 5) is 12.0. The summed E-state index contributed by atoms with van der Waals surface area (Å²) in [5.74, 6) is -1.19. The van der Waals surface area contributed by atoms with Crippen LogP contribution in [-0.2, 0) is 29.8 Å². The van der Waals surface area contributed by atoms with Crippen molar-refractivity contribution in [2.45, 2.75) is 14.7 Å². The number of anilines is 1. The fourth-order valence-corrected chi connectivity index (χ4v) is 5.75. The summed E-state index contributed by atoms with van der Waals surface area (Å²) < 4.78 is 80.1.